The lowest BCUT2D eigenvalue weighted by Crippen LogP contribution is -2.24. The van der Waals surface area contributed by atoms with Crippen LogP contribution in [0.4, 0.5) is 11.4 Å². The highest BCUT2D eigenvalue weighted by atomic mass is 16.2. The third-order valence-electron chi connectivity index (χ3n) is 4.59. The third kappa shape index (κ3) is 3.18. The maximum atomic E-state index is 12.4. The molecule has 24 heavy (non-hydrogen) atoms. The van der Waals surface area contributed by atoms with Gasteiger partial charge in [-0.1, -0.05) is 6.07 Å². The van der Waals surface area contributed by atoms with E-state index in [0.717, 1.165) is 35.5 Å². The zero-order chi connectivity index (χ0) is 17.3. The largest absolute Gasteiger partial charge is 0.322 e. The van der Waals surface area contributed by atoms with Crippen molar-refractivity contribution in [3.05, 3.63) is 58.7 Å². The number of hydrogen-bond acceptors (Lipinski definition) is 2. The molecular weight excluding hydrogens is 300 g/mol. The minimum atomic E-state index is -0.123. The predicted octanol–water partition coefficient (Wildman–Crippen LogP) is 3.99. The third-order valence-corrected chi connectivity index (χ3v) is 4.59. The average Bonchev–Trinajstić information content (AvgIpc) is 2.96. The topological polar surface area (TPSA) is 49.4 Å². The molecule has 0 unspecified atom stereocenters. The minimum absolute atomic E-state index is 0.123. The molecule has 2 amide bonds. The molecule has 1 aliphatic rings. The number of carbonyl (C=O) groups excluding carboxylic acids is 2. The van der Waals surface area contributed by atoms with E-state index in [4.69, 9.17) is 0 Å². The van der Waals surface area contributed by atoms with Crippen molar-refractivity contribution in [3.63, 3.8) is 0 Å². The fourth-order valence-electron chi connectivity index (χ4n) is 3.02. The van der Waals surface area contributed by atoms with Crippen LogP contribution in [0.2, 0.25) is 0 Å². The molecule has 0 bridgehead atoms. The van der Waals surface area contributed by atoms with Crippen molar-refractivity contribution in [2.75, 3.05) is 16.8 Å². The summed E-state index contributed by atoms with van der Waals surface area (Å²) >= 11 is 0. The zero-order valence-electron chi connectivity index (χ0n) is 14.3. The Balaban J connectivity index is 1.78. The van der Waals surface area contributed by atoms with Gasteiger partial charge in [-0.2, -0.15) is 0 Å². The Kier molecular flexibility index (Phi) is 4.38. The second-order valence-corrected chi connectivity index (χ2v) is 6.40. The molecule has 1 N–H and O–H groups in total. The summed E-state index contributed by atoms with van der Waals surface area (Å²) in [5, 5.41) is 2.93. The van der Waals surface area contributed by atoms with Crippen LogP contribution in [0.5, 0.6) is 0 Å². The van der Waals surface area contributed by atoms with Gasteiger partial charge in [0.25, 0.3) is 5.91 Å². The first-order valence-corrected chi connectivity index (χ1v) is 8.25. The first-order valence-electron chi connectivity index (χ1n) is 8.25. The van der Waals surface area contributed by atoms with E-state index in [-0.39, 0.29) is 11.8 Å². The molecule has 4 nitrogen and oxygen atoms in total. The Morgan fingerprint density at radius 1 is 1.00 bits per heavy atom. The van der Waals surface area contributed by atoms with E-state index in [0.29, 0.717) is 12.0 Å². The van der Waals surface area contributed by atoms with Crippen LogP contribution in [0.15, 0.2) is 36.4 Å². The smallest absolute Gasteiger partial charge is 0.255 e. The molecule has 2 aromatic carbocycles. The molecule has 4 heteroatoms. The van der Waals surface area contributed by atoms with Gasteiger partial charge in [0.2, 0.25) is 5.91 Å². The highest BCUT2D eigenvalue weighted by Crippen LogP contribution is 2.27. The average molecular weight is 322 g/mol. The standard InChI is InChI=1S/C20H22N2O2/c1-13-6-7-16(11-14(13)2)20(24)21-17-8-9-18(15(3)12-17)22-10-4-5-19(22)23/h6-9,11-12H,4-5,10H2,1-3H3,(H,21,24). The van der Waals surface area contributed by atoms with Gasteiger partial charge in [0.15, 0.2) is 0 Å². The Labute approximate surface area is 142 Å². The monoisotopic (exact) mass is 322 g/mol. The number of nitrogens with one attached hydrogen (secondary N) is 1. The molecule has 0 spiro atoms. The van der Waals surface area contributed by atoms with E-state index in [2.05, 4.69) is 5.32 Å². The second-order valence-electron chi connectivity index (χ2n) is 6.40. The van der Waals surface area contributed by atoms with Gasteiger partial charge in [-0.3, -0.25) is 9.59 Å². The summed E-state index contributed by atoms with van der Waals surface area (Å²) in [7, 11) is 0. The van der Waals surface area contributed by atoms with E-state index in [9.17, 15) is 9.59 Å². The van der Waals surface area contributed by atoms with Gasteiger partial charge in [0.05, 0.1) is 0 Å². The summed E-state index contributed by atoms with van der Waals surface area (Å²) < 4.78 is 0. The maximum absolute atomic E-state index is 12.4. The van der Waals surface area contributed by atoms with Crippen LogP contribution in [-0.4, -0.2) is 18.4 Å². The van der Waals surface area contributed by atoms with Gasteiger partial charge < -0.3 is 10.2 Å². The quantitative estimate of drug-likeness (QED) is 0.929. The number of carbonyl (C=O) groups is 2. The van der Waals surface area contributed by atoms with E-state index >= 15 is 0 Å². The molecule has 1 fully saturated rings. The predicted molar refractivity (Wildman–Crippen MR) is 96.6 cm³/mol. The molecule has 3 rings (SSSR count). The van der Waals surface area contributed by atoms with Crippen LogP contribution in [0.25, 0.3) is 0 Å². The highest BCUT2D eigenvalue weighted by Gasteiger charge is 2.23. The number of rotatable bonds is 3. The fraction of sp³-hybridized carbons (Fsp3) is 0.300. The molecule has 0 saturated carbocycles. The van der Waals surface area contributed by atoms with E-state index in [1.807, 2.05) is 62.1 Å². The molecule has 0 aliphatic carbocycles. The van der Waals surface area contributed by atoms with Crippen molar-refractivity contribution < 1.29 is 9.59 Å². The first kappa shape index (κ1) is 16.2. The second kappa shape index (κ2) is 6.48. The molecule has 1 heterocycles. The number of hydrogen-bond donors (Lipinski definition) is 1. The van der Waals surface area contributed by atoms with Crippen LogP contribution in [0.3, 0.4) is 0 Å². The normalized spacial score (nSPS) is 14.1. The van der Waals surface area contributed by atoms with Crippen LogP contribution in [0, 0.1) is 20.8 Å². The van der Waals surface area contributed by atoms with Gasteiger partial charge >= 0.3 is 0 Å². The van der Waals surface area contributed by atoms with Crippen LogP contribution >= 0.6 is 0 Å². The highest BCUT2D eigenvalue weighted by molar-refractivity contribution is 6.04. The number of amides is 2. The van der Waals surface area contributed by atoms with Crippen molar-refractivity contribution >= 4 is 23.2 Å². The van der Waals surface area contributed by atoms with Gasteiger partial charge in [-0.25, -0.2) is 0 Å². The molecular formula is C20H22N2O2. The molecule has 0 aromatic heterocycles. The Hall–Kier alpha value is -2.62. The molecule has 124 valence electrons. The van der Waals surface area contributed by atoms with Crippen molar-refractivity contribution in [1.82, 2.24) is 0 Å². The minimum Gasteiger partial charge on any atom is -0.322 e. The zero-order valence-corrected chi connectivity index (χ0v) is 14.3. The van der Waals surface area contributed by atoms with E-state index < -0.39 is 0 Å². The summed E-state index contributed by atoms with van der Waals surface area (Å²) in [6.07, 6.45) is 1.52. The van der Waals surface area contributed by atoms with Crippen molar-refractivity contribution in [3.8, 4) is 0 Å². The summed E-state index contributed by atoms with van der Waals surface area (Å²) in [5.41, 5.74) is 5.58. The summed E-state index contributed by atoms with van der Waals surface area (Å²) in [4.78, 5) is 26.1. The van der Waals surface area contributed by atoms with Crippen LogP contribution in [-0.2, 0) is 4.79 Å². The van der Waals surface area contributed by atoms with Crippen LogP contribution in [0.1, 0.15) is 39.9 Å². The molecule has 1 saturated heterocycles. The fourth-order valence-corrected chi connectivity index (χ4v) is 3.02. The molecule has 1 aliphatic heterocycles. The van der Waals surface area contributed by atoms with Gasteiger partial charge in [0.1, 0.15) is 0 Å². The van der Waals surface area contributed by atoms with Crippen molar-refractivity contribution in [1.29, 1.82) is 0 Å². The Bertz CT molecular complexity index is 811. The van der Waals surface area contributed by atoms with Crippen molar-refractivity contribution in [2.45, 2.75) is 33.6 Å². The number of anilines is 2. The first-order chi connectivity index (χ1) is 11.5. The van der Waals surface area contributed by atoms with Gasteiger partial charge in [-0.15, -0.1) is 0 Å². The van der Waals surface area contributed by atoms with E-state index in [1.54, 1.807) is 0 Å². The molecule has 0 atom stereocenters. The summed E-state index contributed by atoms with van der Waals surface area (Å²) in [5.74, 6) is 0.0486. The maximum Gasteiger partial charge on any atom is 0.255 e. The Morgan fingerprint density at radius 3 is 2.42 bits per heavy atom. The number of aryl methyl sites for hydroxylation is 3. The molecule has 2 aromatic rings. The lowest BCUT2D eigenvalue weighted by Gasteiger charge is -2.19. The lowest BCUT2D eigenvalue weighted by molar-refractivity contribution is -0.117. The number of benzene rings is 2. The number of nitrogens with zero attached hydrogens (tertiary/aromatic N) is 1. The SMILES string of the molecule is Cc1ccc(C(=O)Nc2ccc(N3CCCC3=O)c(C)c2)cc1C. The molecule has 0 radical (unpaired) electrons. The van der Waals surface area contributed by atoms with Crippen LogP contribution < -0.4 is 10.2 Å². The summed E-state index contributed by atoms with van der Waals surface area (Å²) in [6.45, 7) is 6.76. The summed E-state index contributed by atoms with van der Waals surface area (Å²) in [6, 6.07) is 11.4. The van der Waals surface area contributed by atoms with E-state index in [1.165, 1.54) is 5.56 Å². The Morgan fingerprint density at radius 2 is 1.79 bits per heavy atom. The van der Waals surface area contributed by atoms with Crippen molar-refractivity contribution in [2.24, 2.45) is 0 Å². The van der Waals surface area contributed by atoms with Gasteiger partial charge in [-0.05, 0) is 74.2 Å². The van der Waals surface area contributed by atoms with Gasteiger partial charge in [0, 0.05) is 29.9 Å². The lowest BCUT2D eigenvalue weighted by atomic mass is 10.1.